The number of fused-ring (bicyclic) bond motifs is 3. The van der Waals surface area contributed by atoms with Crippen LogP contribution in [0, 0.1) is 0 Å². The van der Waals surface area contributed by atoms with Gasteiger partial charge >= 0.3 is 41.2 Å². The number of carbonyl (C=O) groups is 1. The molecule has 1 aliphatic carbocycles. The number of carboxylic acids is 1. The van der Waals surface area contributed by atoms with Crippen molar-refractivity contribution in [2.24, 2.45) is 5.73 Å². The normalized spacial score (nSPS) is 16.3. The van der Waals surface area contributed by atoms with Gasteiger partial charge in [0, 0.05) is 16.9 Å². The maximum absolute atomic E-state index is 12.5. The Morgan fingerprint density at radius 2 is 1.54 bits per heavy atom. The molecule has 1 heterocycles. The summed E-state index contributed by atoms with van der Waals surface area (Å²) in [6.45, 7) is -1.21. The molecule has 18 nitrogen and oxygen atoms in total. The van der Waals surface area contributed by atoms with Crippen LogP contribution in [0.15, 0.2) is 25.1 Å². The second kappa shape index (κ2) is 13.3. The van der Waals surface area contributed by atoms with Crippen molar-refractivity contribution in [3.63, 3.8) is 0 Å². The van der Waals surface area contributed by atoms with E-state index in [1.54, 1.807) is 0 Å². The number of aliphatic hydroxyl groups excluding tert-OH is 3. The Hall–Kier alpha value is -1.73. The van der Waals surface area contributed by atoms with E-state index in [4.69, 9.17) is 36.3 Å². The molecular formula is C19H27N2NaO16S3. The Morgan fingerprint density at radius 3 is 1.90 bits per heavy atom. The van der Waals surface area contributed by atoms with Crippen molar-refractivity contribution in [2.45, 2.75) is 45.8 Å². The summed E-state index contributed by atoms with van der Waals surface area (Å²) in [5.74, 6) is -3.02. The SMILES string of the molecule is NC(CO)(CO)CO.Nc1c(S(=O)(=O)O)cc2c3c(c(=O)oc2c1S(=O)(=O)O)CCC3C(CC(=O)O)S(=O)(=O)O.[NaH]. The number of hydrogen-bond acceptors (Lipinski definition) is 14. The number of nitrogen functional groups attached to an aromatic ring is 1. The van der Waals surface area contributed by atoms with Gasteiger partial charge in [-0.15, -0.1) is 0 Å². The average Bonchev–Trinajstić information content (AvgIpc) is 3.25. The van der Waals surface area contributed by atoms with Crippen molar-refractivity contribution < 1.29 is 68.5 Å². The number of carboxylic acid groups (broad SMARTS) is 1. The van der Waals surface area contributed by atoms with Crippen molar-refractivity contribution >= 4 is 82.5 Å². The Balaban J connectivity index is 0.000000818. The molecule has 1 aliphatic rings. The average molecular weight is 659 g/mol. The summed E-state index contributed by atoms with van der Waals surface area (Å²) in [7, 11) is -15.6. The summed E-state index contributed by atoms with van der Waals surface area (Å²) < 4.78 is 105. The number of rotatable bonds is 9. The molecular weight excluding hydrogens is 631 g/mol. The molecule has 2 aromatic rings. The number of aliphatic hydroxyl groups is 3. The van der Waals surface area contributed by atoms with Gasteiger partial charge in [-0.3, -0.25) is 18.5 Å². The fourth-order valence-corrected chi connectivity index (χ4v) is 6.61. The van der Waals surface area contributed by atoms with Crippen molar-refractivity contribution in [2.75, 3.05) is 25.6 Å². The van der Waals surface area contributed by atoms with E-state index in [9.17, 15) is 48.5 Å². The van der Waals surface area contributed by atoms with E-state index < -0.39 is 111 Å². The number of aliphatic carboxylic acids is 1. The molecule has 22 heteroatoms. The van der Waals surface area contributed by atoms with Crippen molar-refractivity contribution in [1.29, 1.82) is 0 Å². The van der Waals surface area contributed by atoms with E-state index >= 15 is 0 Å². The summed E-state index contributed by atoms with van der Waals surface area (Å²) in [5.41, 5.74) is 5.61. The molecule has 0 aliphatic heterocycles. The molecule has 228 valence electrons. The van der Waals surface area contributed by atoms with Crippen molar-refractivity contribution in [3.8, 4) is 0 Å². The van der Waals surface area contributed by atoms with E-state index in [0.29, 0.717) is 6.07 Å². The minimum atomic E-state index is -5.36. The number of hydrogen-bond donors (Lipinski definition) is 9. The van der Waals surface area contributed by atoms with E-state index in [-0.39, 0.29) is 53.5 Å². The monoisotopic (exact) mass is 658 g/mol. The molecule has 0 bridgehead atoms. The zero-order valence-corrected chi connectivity index (χ0v) is 22.6. The van der Waals surface area contributed by atoms with Gasteiger partial charge in [-0.05, 0) is 24.5 Å². The molecule has 0 saturated carbocycles. The first-order chi connectivity index (χ1) is 18.1. The van der Waals surface area contributed by atoms with Crippen LogP contribution >= 0.6 is 0 Å². The van der Waals surface area contributed by atoms with Gasteiger partial charge in [-0.2, -0.15) is 25.3 Å². The molecule has 0 radical (unpaired) electrons. The van der Waals surface area contributed by atoms with Crippen LogP contribution in [-0.2, 0) is 41.6 Å². The van der Waals surface area contributed by atoms with E-state index in [0.717, 1.165) is 0 Å². The molecule has 1 aromatic heterocycles. The fourth-order valence-electron chi connectivity index (χ4n) is 4.08. The predicted octanol–water partition coefficient (Wildman–Crippen LogP) is -3.36. The maximum atomic E-state index is 12.5. The fraction of sp³-hybridized carbons (Fsp3) is 0.474. The van der Waals surface area contributed by atoms with Gasteiger partial charge in [-0.25, -0.2) is 4.79 Å². The van der Waals surface area contributed by atoms with Crippen LogP contribution in [0.25, 0.3) is 11.0 Å². The molecule has 2 atom stereocenters. The van der Waals surface area contributed by atoms with Crippen LogP contribution in [0.1, 0.15) is 29.9 Å². The third-order valence-electron chi connectivity index (χ3n) is 6.06. The van der Waals surface area contributed by atoms with Gasteiger partial charge < -0.3 is 36.3 Å². The third-order valence-corrected chi connectivity index (χ3v) is 9.13. The molecule has 1 aromatic carbocycles. The zero-order chi connectivity index (χ0) is 31.0. The van der Waals surface area contributed by atoms with Crippen molar-refractivity contribution in [3.05, 3.63) is 27.6 Å². The number of anilines is 1. The minimum absolute atomic E-state index is 0. The third kappa shape index (κ3) is 8.22. The van der Waals surface area contributed by atoms with Gasteiger partial charge in [-0.1, -0.05) is 0 Å². The number of benzene rings is 1. The first-order valence-electron chi connectivity index (χ1n) is 10.8. The van der Waals surface area contributed by atoms with Crippen LogP contribution in [-0.4, -0.2) is 125 Å². The van der Waals surface area contributed by atoms with E-state index in [1.807, 2.05) is 0 Å². The molecule has 0 fully saturated rings. The summed E-state index contributed by atoms with van der Waals surface area (Å²) >= 11 is 0. The van der Waals surface area contributed by atoms with E-state index in [2.05, 4.69) is 0 Å². The standard InChI is InChI=1S/C15H15NO13S3.C4H11NO3.Na.H/c16-12-9(31(23,24)25)3-7-11-5(8(4-10(17)18)30(20,21)22)1-2-6(11)15(19)29-13(7)14(12)32(26,27)28;5-4(1-6,2-7)3-8;;/h3,5,8H,1-2,4,16H2,(H,17,18)(H,20,21,22)(H,23,24,25)(H,26,27,28);6-8H,1-3,5H2;;. The molecule has 0 spiro atoms. The molecule has 0 saturated heterocycles. The molecule has 11 N–H and O–H groups in total. The topological polar surface area (TPSA) is 343 Å². The first-order valence-corrected chi connectivity index (χ1v) is 15.2. The Labute approximate surface area is 254 Å². The summed E-state index contributed by atoms with van der Waals surface area (Å²) in [6, 6.07) is 0.608. The second-order valence-corrected chi connectivity index (χ2v) is 13.2. The van der Waals surface area contributed by atoms with Gasteiger partial charge in [0.15, 0.2) is 10.5 Å². The molecule has 3 rings (SSSR count). The van der Waals surface area contributed by atoms with Gasteiger partial charge in [0.2, 0.25) is 0 Å². The van der Waals surface area contributed by atoms with Crippen LogP contribution in [0.2, 0.25) is 0 Å². The van der Waals surface area contributed by atoms with Crippen molar-refractivity contribution in [1.82, 2.24) is 0 Å². The Bertz CT molecular complexity index is 1690. The van der Waals surface area contributed by atoms with Crippen LogP contribution < -0.4 is 17.1 Å². The second-order valence-electron chi connectivity index (χ2n) is 8.86. The van der Waals surface area contributed by atoms with Gasteiger partial charge in [0.05, 0.1) is 37.5 Å². The Morgan fingerprint density at radius 1 is 1.02 bits per heavy atom. The first kappa shape index (κ1) is 37.3. The van der Waals surface area contributed by atoms with Crippen LogP contribution in [0.5, 0.6) is 0 Å². The van der Waals surface area contributed by atoms with Gasteiger partial charge in [0.25, 0.3) is 30.4 Å². The predicted molar refractivity (Wildman–Crippen MR) is 141 cm³/mol. The number of nitrogens with two attached hydrogens (primary N) is 2. The van der Waals surface area contributed by atoms with Gasteiger partial charge in [0.1, 0.15) is 10.1 Å². The summed E-state index contributed by atoms with van der Waals surface area (Å²) in [4.78, 5) is 21.1. The quantitative estimate of drug-likeness (QED) is 0.0549. The zero-order valence-electron chi connectivity index (χ0n) is 20.2. The molecule has 2 unspecified atom stereocenters. The van der Waals surface area contributed by atoms with Crippen LogP contribution in [0.4, 0.5) is 5.69 Å². The summed E-state index contributed by atoms with van der Waals surface area (Å²) in [6.07, 6.45) is -1.49. The molecule has 0 amide bonds. The van der Waals surface area contributed by atoms with E-state index in [1.165, 1.54) is 0 Å². The Kier molecular flexibility index (Phi) is 12.1. The molecule has 41 heavy (non-hydrogen) atoms. The van der Waals surface area contributed by atoms with Crippen LogP contribution in [0.3, 0.4) is 0 Å². The summed E-state index contributed by atoms with van der Waals surface area (Å²) in [5, 5.41) is 31.6.